The maximum absolute atomic E-state index is 11.9. The Morgan fingerprint density at radius 1 is 1.22 bits per heavy atom. The molecule has 0 aliphatic heterocycles. The van der Waals surface area contributed by atoms with Crippen molar-refractivity contribution in [3.05, 3.63) is 38.0 Å². The second kappa shape index (κ2) is 10.4. The molecule has 0 bridgehead atoms. The zero-order chi connectivity index (χ0) is 13.8. The topological polar surface area (TPSA) is 20.3 Å². The van der Waals surface area contributed by atoms with Gasteiger partial charge in [-0.15, -0.1) is 19.1 Å². The average molecular weight is 245 g/mol. The van der Waals surface area contributed by atoms with Crippen molar-refractivity contribution in [3.63, 3.8) is 0 Å². The van der Waals surface area contributed by atoms with Crippen molar-refractivity contribution in [1.29, 1.82) is 0 Å². The van der Waals surface area contributed by atoms with Crippen LogP contribution < -0.4 is 0 Å². The van der Waals surface area contributed by atoms with Crippen LogP contribution in [0.2, 0.25) is 0 Å². The molecule has 0 aliphatic rings. The second-order valence-electron chi connectivity index (χ2n) is 3.98. The second-order valence-corrected chi connectivity index (χ2v) is 3.98. The number of amides is 1. The van der Waals surface area contributed by atoms with Crippen LogP contribution in [-0.2, 0) is 4.79 Å². The summed E-state index contributed by atoms with van der Waals surface area (Å²) in [5, 5.41) is 0. The lowest BCUT2D eigenvalue weighted by atomic mass is 10.0. The zero-order valence-electron chi connectivity index (χ0n) is 11.3. The number of carbonyl (C=O) groups excluding carboxylic acids is 1. The van der Waals surface area contributed by atoms with Crippen molar-refractivity contribution in [3.8, 4) is 11.8 Å². The Bertz CT molecular complexity index is 334. The lowest BCUT2D eigenvalue weighted by Gasteiger charge is -2.29. The van der Waals surface area contributed by atoms with Gasteiger partial charge in [-0.1, -0.05) is 24.7 Å². The monoisotopic (exact) mass is 245 g/mol. The molecule has 2 heteroatoms. The molecule has 0 fully saturated rings. The maximum atomic E-state index is 11.9. The van der Waals surface area contributed by atoms with E-state index in [1.54, 1.807) is 11.8 Å². The van der Waals surface area contributed by atoms with E-state index in [4.69, 9.17) is 0 Å². The van der Waals surface area contributed by atoms with Gasteiger partial charge in [-0.3, -0.25) is 4.79 Å². The Labute approximate surface area is 111 Å². The van der Waals surface area contributed by atoms with Crippen LogP contribution in [0.15, 0.2) is 38.0 Å². The van der Waals surface area contributed by atoms with Crippen LogP contribution in [0.25, 0.3) is 0 Å². The summed E-state index contributed by atoms with van der Waals surface area (Å²) in [6.45, 7) is 13.2. The van der Waals surface area contributed by atoms with E-state index in [2.05, 4.69) is 31.6 Å². The van der Waals surface area contributed by atoms with Crippen molar-refractivity contribution in [2.75, 3.05) is 6.54 Å². The highest BCUT2D eigenvalue weighted by atomic mass is 16.2. The highest BCUT2D eigenvalue weighted by Gasteiger charge is 2.19. The highest BCUT2D eigenvalue weighted by molar-refractivity contribution is 5.87. The van der Waals surface area contributed by atoms with E-state index < -0.39 is 0 Å². The van der Waals surface area contributed by atoms with E-state index in [0.717, 1.165) is 25.7 Å². The highest BCUT2D eigenvalue weighted by Crippen LogP contribution is 2.14. The zero-order valence-corrected chi connectivity index (χ0v) is 11.3. The van der Waals surface area contributed by atoms with Crippen molar-refractivity contribution in [2.24, 2.45) is 0 Å². The van der Waals surface area contributed by atoms with Crippen LogP contribution in [0.5, 0.6) is 0 Å². The minimum atomic E-state index is -0.0594. The Balaban J connectivity index is 4.81. The summed E-state index contributed by atoms with van der Waals surface area (Å²) in [5.74, 6) is 5.72. The van der Waals surface area contributed by atoms with Crippen molar-refractivity contribution in [2.45, 2.75) is 38.6 Å². The Morgan fingerprint density at radius 3 is 2.17 bits per heavy atom. The number of carbonyl (C=O) groups is 1. The molecule has 2 nitrogen and oxygen atoms in total. The Hall–Kier alpha value is -1.75. The Kier molecular flexibility index (Phi) is 9.40. The number of allylic oxidation sites excluding steroid dienone is 2. The van der Waals surface area contributed by atoms with E-state index in [1.165, 1.54) is 6.08 Å². The van der Waals surface area contributed by atoms with Gasteiger partial charge >= 0.3 is 0 Å². The minimum absolute atomic E-state index is 0.0594. The van der Waals surface area contributed by atoms with Crippen LogP contribution >= 0.6 is 0 Å². The van der Waals surface area contributed by atoms with Crippen LogP contribution in [0.1, 0.15) is 32.6 Å². The summed E-state index contributed by atoms with van der Waals surface area (Å²) >= 11 is 0. The van der Waals surface area contributed by atoms with Crippen molar-refractivity contribution in [1.82, 2.24) is 4.90 Å². The molecule has 98 valence electrons. The van der Waals surface area contributed by atoms with Crippen LogP contribution in [0, 0.1) is 11.8 Å². The lowest BCUT2D eigenvalue weighted by molar-refractivity contribution is -0.127. The average Bonchev–Trinajstić information content (AvgIpc) is 2.40. The fraction of sp³-hybridized carbons (Fsp3) is 0.438. The molecule has 0 rings (SSSR count). The van der Waals surface area contributed by atoms with Gasteiger partial charge in [-0.2, -0.15) is 0 Å². The van der Waals surface area contributed by atoms with E-state index >= 15 is 0 Å². The lowest BCUT2D eigenvalue weighted by Crippen LogP contribution is -2.39. The largest absolute Gasteiger partial charge is 0.325 e. The molecule has 0 aromatic heterocycles. The van der Waals surface area contributed by atoms with Gasteiger partial charge in [0.05, 0.1) is 6.54 Å². The minimum Gasteiger partial charge on any atom is -0.325 e. The molecular weight excluding hydrogens is 222 g/mol. The number of hydrogen-bond donors (Lipinski definition) is 0. The smallest absolute Gasteiger partial charge is 0.246 e. The predicted molar refractivity (Wildman–Crippen MR) is 78.0 cm³/mol. The van der Waals surface area contributed by atoms with E-state index in [0.29, 0.717) is 6.54 Å². The van der Waals surface area contributed by atoms with E-state index in [9.17, 15) is 4.79 Å². The molecule has 1 amide bonds. The fourth-order valence-corrected chi connectivity index (χ4v) is 1.74. The normalized spacial score (nSPS) is 9.22. The van der Waals surface area contributed by atoms with Crippen molar-refractivity contribution < 1.29 is 4.79 Å². The molecule has 0 aliphatic carbocycles. The first-order chi connectivity index (χ1) is 8.71. The van der Waals surface area contributed by atoms with Gasteiger partial charge in [0.2, 0.25) is 5.91 Å². The summed E-state index contributed by atoms with van der Waals surface area (Å²) < 4.78 is 0. The van der Waals surface area contributed by atoms with E-state index in [1.807, 2.05) is 12.2 Å². The molecule has 0 saturated carbocycles. The summed E-state index contributed by atoms with van der Waals surface area (Å²) in [4.78, 5) is 13.7. The van der Waals surface area contributed by atoms with Crippen LogP contribution in [0.3, 0.4) is 0 Å². The van der Waals surface area contributed by atoms with Crippen LogP contribution in [-0.4, -0.2) is 23.4 Å². The summed E-state index contributed by atoms with van der Waals surface area (Å²) in [6.07, 6.45) is 8.70. The first-order valence-electron chi connectivity index (χ1n) is 6.25. The van der Waals surface area contributed by atoms with Crippen molar-refractivity contribution >= 4 is 5.91 Å². The molecule has 0 spiro atoms. The molecule has 0 unspecified atom stereocenters. The molecule has 18 heavy (non-hydrogen) atoms. The molecule has 0 radical (unpaired) electrons. The van der Waals surface area contributed by atoms with Gasteiger partial charge in [-0.05, 0) is 38.7 Å². The number of nitrogens with zero attached hydrogens (tertiary/aromatic N) is 1. The molecule has 0 saturated heterocycles. The van der Waals surface area contributed by atoms with Gasteiger partial charge in [-0.25, -0.2) is 0 Å². The first-order valence-corrected chi connectivity index (χ1v) is 6.25. The molecule has 0 aromatic carbocycles. The Morgan fingerprint density at radius 2 is 1.78 bits per heavy atom. The third-order valence-electron chi connectivity index (χ3n) is 2.73. The standard InChI is InChI=1S/C16H23NO/c1-5-9-12-15(13-10-6-2)17(14-11-7-3)16(18)8-4/h5-6,8,15H,1-2,4,9-10,12-14H2,3H3. The fourth-order valence-electron chi connectivity index (χ4n) is 1.74. The maximum Gasteiger partial charge on any atom is 0.246 e. The number of rotatable bonds is 9. The predicted octanol–water partition coefficient (Wildman–Crippen LogP) is 3.33. The molecule has 0 atom stereocenters. The van der Waals surface area contributed by atoms with Gasteiger partial charge in [0, 0.05) is 6.04 Å². The van der Waals surface area contributed by atoms with E-state index in [-0.39, 0.29) is 11.9 Å². The van der Waals surface area contributed by atoms with Gasteiger partial charge in [0.1, 0.15) is 0 Å². The molecule has 0 aromatic rings. The van der Waals surface area contributed by atoms with Gasteiger partial charge in [0.25, 0.3) is 0 Å². The van der Waals surface area contributed by atoms with Crippen LogP contribution in [0.4, 0.5) is 0 Å². The quantitative estimate of drug-likeness (QED) is 0.347. The third kappa shape index (κ3) is 6.10. The first kappa shape index (κ1) is 16.2. The molecule has 0 N–H and O–H groups in total. The SMILES string of the molecule is C=CCCC(CCC=C)N(CC#CC)C(=O)C=C. The van der Waals surface area contributed by atoms with Gasteiger partial charge in [0.15, 0.2) is 0 Å². The molecule has 0 heterocycles. The summed E-state index contributed by atoms with van der Waals surface area (Å²) in [7, 11) is 0. The third-order valence-corrected chi connectivity index (χ3v) is 2.73. The summed E-state index contributed by atoms with van der Waals surface area (Å²) in [6, 6.07) is 0.173. The molecular formula is C16H23NO. The summed E-state index contributed by atoms with van der Waals surface area (Å²) in [5.41, 5.74) is 0. The number of hydrogen-bond acceptors (Lipinski definition) is 1. The van der Waals surface area contributed by atoms with Gasteiger partial charge < -0.3 is 4.90 Å².